The summed E-state index contributed by atoms with van der Waals surface area (Å²) in [5, 5.41) is 11.9. The minimum atomic E-state index is -0.846. The Labute approximate surface area is 224 Å². The number of benzene rings is 2. The fourth-order valence-electron chi connectivity index (χ4n) is 4.96. The molecule has 0 saturated heterocycles. The number of amides is 2. The Morgan fingerprint density at radius 3 is 2.29 bits per heavy atom. The maximum atomic E-state index is 13.5. The highest BCUT2D eigenvalue weighted by atomic mass is 16.5. The molecule has 0 aromatic heterocycles. The molecule has 202 valence electrons. The van der Waals surface area contributed by atoms with Gasteiger partial charge in [0.05, 0.1) is 17.8 Å². The van der Waals surface area contributed by atoms with Gasteiger partial charge in [-0.3, -0.25) is 14.4 Å². The van der Waals surface area contributed by atoms with Gasteiger partial charge in [-0.05, 0) is 75.3 Å². The molecule has 1 aliphatic carbocycles. The summed E-state index contributed by atoms with van der Waals surface area (Å²) in [5.41, 5.74) is 5.91. The van der Waals surface area contributed by atoms with Crippen molar-refractivity contribution in [3.63, 3.8) is 0 Å². The number of para-hydroxylation sites is 1. The van der Waals surface area contributed by atoms with Crippen LogP contribution in [-0.2, 0) is 25.7 Å². The highest BCUT2D eigenvalue weighted by Crippen LogP contribution is 2.52. The summed E-state index contributed by atoms with van der Waals surface area (Å²) in [6.45, 7) is 8.45. The topological polar surface area (TPSA) is 95.9 Å². The average molecular weight is 519 g/mol. The molecule has 0 fully saturated rings. The van der Waals surface area contributed by atoms with Crippen LogP contribution < -0.4 is 10.2 Å². The smallest absolute Gasteiger partial charge is 0.303 e. The summed E-state index contributed by atoms with van der Waals surface area (Å²) in [6, 6.07) is 16.3. The van der Waals surface area contributed by atoms with E-state index in [1.807, 2.05) is 62.9 Å². The van der Waals surface area contributed by atoms with Crippen molar-refractivity contribution in [1.29, 1.82) is 0 Å². The molecular formula is C31H38N2O5. The van der Waals surface area contributed by atoms with Gasteiger partial charge in [0.25, 0.3) is 0 Å². The highest BCUT2D eigenvalue weighted by molar-refractivity contribution is 6.13. The van der Waals surface area contributed by atoms with Crippen molar-refractivity contribution in [2.24, 2.45) is 0 Å². The van der Waals surface area contributed by atoms with E-state index in [1.54, 1.807) is 0 Å². The average Bonchev–Trinajstić information content (AvgIpc) is 3.64. The highest BCUT2D eigenvalue weighted by Gasteiger charge is 2.33. The van der Waals surface area contributed by atoms with Crippen LogP contribution in [0.5, 0.6) is 0 Å². The molecular weight excluding hydrogens is 480 g/mol. The SMILES string of the molecule is CC(C)(CCOC(C)(C)CCC(=O)O)NC(=O)CCC(=O)N1Cc2ccccc2C2=C(C2)c2ccccc21. The minimum Gasteiger partial charge on any atom is -0.481 e. The number of aliphatic carboxylic acids is 1. The van der Waals surface area contributed by atoms with Gasteiger partial charge >= 0.3 is 5.97 Å². The first kappa shape index (κ1) is 27.6. The van der Waals surface area contributed by atoms with Gasteiger partial charge < -0.3 is 20.1 Å². The predicted molar refractivity (Wildman–Crippen MR) is 148 cm³/mol. The number of anilines is 1. The van der Waals surface area contributed by atoms with Crippen molar-refractivity contribution >= 4 is 34.6 Å². The number of carbonyl (C=O) groups is 3. The normalized spacial score (nSPS) is 14.6. The summed E-state index contributed by atoms with van der Waals surface area (Å²) < 4.78 is 5.89. The van der Waals surface area contributed by atoms with Gasteiger partial charge in [-0.2, -0.15) is 0 Å². The zero-order valence-electron chi connectivity index (χ0n) is 22.8. The monoisotopic (exact) mass is 518 g/mol. The van der Waals surface area contributed by atoms with Crippen LogP contribution in [0.3, 0.4) is 0 Å². The molecule has 2 aromatic rings. The van der Waals surface area contributed by atoms with E-state index in [1.165, 1.54) is 16.7 Å². The number of allylic oxidation sites excluding steroid dienone is 2. The van der Waals surface area contributed by atoms with Gasteiger partial charge in [0, 0.05) is 37.0 Å². The number of fused-ring (bicyclic) bond motifs is 4. The maximum absolute atomic E-state index is 13.5. The van der Waals surface area contributed by atoms with Crippen LogP contribution in [0.1, 0.15) is 82.9 Å². The van der Waals surface area contributed by atoms with Crippen LogP contribution in [-0.4, -0.2) is 40.6 Å². The van der Waals surface area contributed by atoms with Crippen LogP contribution in [0.2, 0.25) is 0 Å². The molecule has 1 aliphatic heterocycles. The minimum absolute atomic E-state index is 0.0486. The molecule has 2 aliphatic rings. The number of ether oxygens (including phenoxy) is 1. The summed E-state index contributed by atoms with van der Waals surface area (Å²) in [7, 11) is 0. The lowest BCUT2D eigenvalue weighted by atomic mass is 9.99. The Balaban J connectivity index is 1.34. The van der Waals surface area contributed by atoms with Gasteiger partial charge in [-0.1, -0.05) is 42.5 Å². The van der Waals surface area contributed by atoms with Gasteiger partial charge in [0.2, 0.25) is 11.8 Å². The molecule has 2 aromatic carbocycles. The number of hydrogen-bond acceptors (Lipinski definition) is 4. The van der Waals surface area contributed by atoms with E-state index in [-0.39, 0.29) is 31.1 Å². The first-order valence-electron chi connectivity index (χ1n) is 13.3. The number of hydrogen-bond donors (Lipinski definition) is 2. The Kier molecular flexibility index (Phi) is 8.07. The third-order valence-electron chi connectivity index (χ3n) is 7.29. The van der Waals surface area contributed by atoms with E-state index in [2.05, 4.69) is 23.5 Å². The van der Waals surface area contributed by atoms with Gasteiger partial charge in [-0.15, -0.1) is 0 Å². The second kappa shape index (κ2) is 11.1. The van der Waals surface area contributed by atoms with Crippen molar-refractivity contribution in [3.8, 4) is 0 Å². The first-order chi connectivity index (χ1) is 18.0. The van der Waals surface area contributed by atoms with Crippen molar-refractivity contribution in [3.05, 3.63) is 65.2 Å². The molecule has 0 atom stereocenters. The summed E-state index contributed by atoms with van der Waals surface area (Å²) in [4.78, 5) is 39.0. The second-order valence-corrected chi connectivity index (χ2v) is 11.5. The van der Waals surface area contributed by atoms with Gasteiger partial charge in [0.1, 0.15) is 0 Å². The molecule has 7 heteroatoms. The van der Waals surface area contributed by atoms with Crippen molar-refractivity contribution in [2.75, 3.05) is 11.5 Å². The van der Waals surface area contributed by atoms with E-state index in [0.717, 1.165) is 23.2 Å². The van der Waals surface area contributed by atoms with Crippen molar-refractivity contribution < 1.29 is 24.2 Å². The molecule has 0 radical (unpaired) electrons. The number of nitrogens with zero attached hydrogens (tertiary/aromatic N) is 1. The molecule has 2 amide bonds. The molecule has 7 nitrogen and oxygen atoms in total. The third-order valence-corrected chi connectivity index (χ3v) is 7.29. The van der Waals surface area contributed by atoms with Crippen molar-refractivity contribution in [2.45, 2.75) is 83.9 Å². The molecule has 0 saturated carbocycles. The quantitative estimate of drug-likeness (QED) is 0.405. The molecule has 0 bridgehead atoms. The number of carboxylic acid groups (broad SMARTS) is 1. The molecule has 2 N–H and O–H groups in total. The molecule has 0 unspecified atom stereocenters. The van der Waals surface area contributed by atoms with E-state index in [4.69, 9.17) is 9.84 Å². The Morgan fingerprint density at radius 1 is 0.895 bits per heavy atom. The first-order valence-corrected chi connectivity index (χ1v) is 13.3. The fourth-order valence-corrected chi connectivity index (χ4v) is 4.96. The Hall–Kier alpha value is -3.45. The predicted octanol–water partition coefficient (Wildman–Crippen LogP) is 5.57. The third kappa shape index (κ3) is 6.90. The molecule has 4 rings (SSSR count). The van der Waals surface area contributed by atoms with Crippen LogP contribution in [0, 0.1) is 0 Å². The Bertz CT molecular complexity index is 1260. The van der Waals surface area contributed by atoms with Crippen LogP contribution in [0.25, 0.3) is 11.1 Å². The van der Waals surface area contributed by atoms with E-state index in [0.29, 0.717) is 26.0 Å². The Morgan fingerprint density at radius 2 is 1.55 bits per heavy atom. The largest absolute Gasteiger partial charge is 0.481 e. The zero-order chi connectivity index (χ0) is 27.5. The standard InChI is InChI=1S/C31H38N2O5/c1-30(2,17-18-38-31(3,4)16-15-29(36)37)32-27(34)13-14-28(35)33-20-21-9-5-6-10-22(21)24-19-25(24)23-11-7-8-12-26(23)33/h5-12H,13-20H2,1-4H3,(H,32,34)(H,36,37). The summed E-state index contributed by atoms with van der Waals surface area (Å²) in [6.07, 6.45) is 2.18. The van der Waals surface area contributed by atoms with E-state index in [9.17, 15) is 14.4 Å². The number of rotatable bonds is 11. The van der Waals surface area contributed by atoms with E-state index >= 15 is 0 Å². The van der Waals surface area contributed by atoms with Gasteiger partial charge in [-0.25, -0.2) is 0 Å². The number of carboxylic acids is 1. The summed E-state index contributed by atoms with van der Waals surface area (Å²) in [5.74, 6) is -1.10. The fraction of sp³-hybridized carbons (Fsp3) is 0.452. The van der Waals surface area contributed by atoms with E-state index < -0.39 is 17.1 Å². The van der Waals surface area contributed by atoms with Crippen LogP contribution >= 0.6 is 0 Å². The maximum Gasteiger partial charge on any atom is 0.303 e. The van der Waals surface area contributed by atoms with Crippen LogP contribution in [0.4, 0.5) is 5.69 Å². The van der Waals surface area contributed by atoms with Crippen molar-refractivity contribution in [1.82, 2.24) is 5.32 Å². The summed E-state index contributed by atoms with van der Waals surface area (Å²) >= 11 is 0. The number of nitrogens with one attached hydrogen (secondary N) is 1. The molecule has 38 heavy (non-hydrogen) atoms. The molecule has 0 spiro atoms. The van der Waals surface area contributed by atoms with Gasteiger partial charge in [0.15, 0.2) is 0 Å². The lowest BCUT2D eigenvalue weighted by Gasteiger charge is -2.30. The molecule has 1 heterocycles. The number of carbonyl (C=O) groups excluding carboxylic acids is 2. The zero-order valence-corrected chi connectivity index (χ0v) is 22.8. The lowest BCUT2D eigenvalue weighted by molar-refractivity contribution is -0.139. The van der Waals surface area contributed by atoms with Crippen LogP contribution in [0.15, 0.2) is 48.5 Å². The second-order valence-electron chi connectivity index (χ2n) is 11.5. The lowest BCUT2D eigenvalue weighted by Crippen LogP contribution is -2.45.